The van der Waals surface area contributed by atoms with Crippen molar-refractivity contribution in [1.29, 1.82) is 0 Å². The molecule has 43 heavy (non-hydrogen) atoms. The molecule has 0 bridgehead atoms. The largest absolute Gasteiger partial charge is 0.295 e. The minimum Gasteiger partial charge on any atom is -0.295 e. The molecule has 0 atom stereocenters. The van der Waals surface area contributed by atoms with Crippen LogP contribution in [0.4, 0.5) is 0 Å². The van der Waals surface area contributed by atoms with Crippen molar-refractivity contribution in [3.05, 3.63) is 157 Å². The predicted molar refractivity (Wildman–Crippen MR) is 181 cm³/mol. The Kier molecular flexibility index (Phi) is 4.99. The molecule has 0 radical (unpaired) electrons. The van der Waals surface area contributed by atoms with Gasteiger partial charge in [-0.3, -0.25) is 9.13 Å². The first kappa shape index (κ1) is 24.3. The minimum absolute atomic E-state index is 0.0202. The minimum atomic E-state index is 0.0202. The zero-order chi connectivity index (χ0) is 28.7. The highest BCUT2D eigenvalue weighted by molar-refractivity contribution is 6.22. The van der Waals surface area contributed by atoms with Gasteiger partial charge in [0.15, 0.2) is 0 Å². The maximum absolute atomic E-state index is 2.43. The van der Waals surface area contributed by atoms with E-state index in [1.165, 1.54) is 66.2 Å². The molecule has 9 rings (SSSR count). The Labute approximate surface area is 251 Å². The van der Waals surface area contributed by atoms with Gasteiger partial charge in [-0.2, -0.15) is 0 Å². The maximum atomic E-state index is 2.43. The average Bonchev–Trinajstić information content (AvgIpc) is 3.65. The lowest BCUT2D eigenvalue weighted by atomic mass is 9.82. The first-order valence-electron chi connectivity index (χ1n) is 15.0. The second-order valence-electron chi connectivity index (χ2n) is 12.2. The highest BCUT2D eigenvalue weighted by Gasteiger charge is 2.35. The molecule has 0 aliphatic heterocycles. The first-order chi connectivity index (χ1) is 21.1. The quantitative estimate of drug-likeness (QED) is 0.207. The third-order valence-electron chi connectivity index (χ3n) is 9.53. The Morgan fingerprint density at radius 3 is 1.67 bits per heavy atom. The number of aromatic nitrogens is 2. The molecule has 0 saturated carbocycles. The molecule has 2 heterocycles. The Morgan fingerprint density at radius 2 is 0.977 bits per heavy atom. The molecule has 0 unspecified atom stereocenters. The molecule has 0 saturated heterocycles. The van der Waals surface area contributed by atoms with E-state index in [1.54, 1.807) is 0 Å². The lowest BCUT2D eigenvalue weighted by Gasteiger charge is -2.21. The lowest BCUT2D eigenvalue weighted by molar-refractivity contribution is 0.660. The highest BCUT2D eigenvalue weighted by atomic mass is 15.1. The average molecular weight is 551 g/mol. The molecule has 204 valence electrons. The van der Waals surface area contributed by atoms with Crippen LogP contribution in [0, 0.1) is 0 Å². The van der Waals surface area contributed by atoms with E-state index in [0.717, 1.165) is 11.4 Å². The molecule has 2 aromatic heterocycles. The zero-order valence-corrected chi connectivity index (χ0v) is 24.3. The van der Waals surface area contributed by atoms with E-state index >= 15 is 0 Å². The summed E-state index contributed by atoms with van der Waals surface area (Å²) in [5.41, 5.74) is 14.0. The van der Waals surface area contributed by atoms with Gasteiger partial charge in [0.2, 0.25) is 0 Å². The van der Waals surface area contributed by atoms with Gasteiger partial charge in [0.05, 0.1) is 11.0 Å². The van der Waals surface area contributed by atoms with Gasteiger partial charge in [0.25, 0.3) is 0 Å². The van der Waals surface area contributed by atoms with E-state index in [4.69, 9.17) is 0 Å². The van der Waals surface area contributed by atoms with E-state index < -0.39 is 0 Å². The van der Waals surface area contributed by atoms with Crippen molar-refractivity contribution >= 4 is 32.8 Å². The summed E-state index contributed by atoms with van der Waals surface area (Å²) in [6, 6.07) is 53.3. The van der Waals surface area contributed by atoms with Crippen LogP contribution in [-0.2, 0) is 5.41 Å². The highest BCUT2D eigenvalue weighted by Crippen LogP contribution is 2.49. The van der Waals surface area contributed by atoms with Crippen molar-refractivity contribution in [1.82, 2.24) is 9.13 Å². The van der Waals surface area contributed by atoms with E-state index in [9.17, 15) is 0 Å². The van der Waals surface area contributed by atoms with E-state index in [1.807, 2.05) is 0 Å². The van der Waals surface area contributed by atoms with Crippen LogP contribution in [0.3, 0.4) is 0 Å². The van der Waals surface area contributed by atoms with Gasteiger partial charge in [0, 0.05) is 32.9 Å². The number of benzene rings is 6. The standard InChI is InChI=1S/C41H30N2/c1-41(2)35-17-9-6-14-31(35)34-26-28(22-25-36(34)41)27-20-23-30(24-21-27)43-38-19-11-8-16-33(38)39-32-15-7-10-18-37(32)42(40(39)43)29-12-4-3-5-13-29/h3-26H,1-2H3. The summed E-state index contributed by atoms with van der Waals surface area (Å²) < 4.78 is 4.85. The van der Waals surface area contributed by atoms with Gasteiger partial charge in [-0.05, 0) is 75.8 Å². The molecule has 8 aromatic rings. The number of fused-ring (bicyclic) bond motifs is 8. The van der Waals surface area contributed by atoms with Gasteiger partial charge in [-0.1, -0.05) is 117 Å². The molecular weight excluding hydrogens is 520 g/mol. The summed E-state index contributed by atoms with van der Waals surface area (Å²) in [6.07, 6.45) is 0. The molecule has 2 nitrogen and oxygen atoms in total. The number of hydrogen-bond acceptors (Lipinski definition) is 0. The molecule has 0 spiro atoms. The number of rotatable bonds is 3. The van der Waals surface area contributed by atoms with Crippen LogP contribution in [0.2, 0.25) is 0 Å². The summed E-state index contributed by atoms with van der Waals surface area (Å²) in [5, 5.41) is 3.83. The fourth-order valence-corrected chi connectivity index (χ4v) is 7.50. The Bertz CT molecular complexity index is 2350. The normalized spacial score (nSPS) is 13.5. The van der Waals surface area contributed by atoms with Crippen molar-refractivity contribution < 1.29 is 0 Å². The van der Waals surface area contributed by atoms with Gasteiger partial charge in [-0.15, -0.1) is 0 Å². The number of hydrogen-bond donors (Lipinski definition) is 0. The summed E-state index contributed by atoms with van der Waals surface area (Å²) in [4.78, 5) is 0. The van der Waals surface area contributed by atoms with Gasteiger partial charge in [-0.25, -0.2) is 0 Å². The number of para-hydroxylation sites is 3. The predicted octanol–water partition coefficient (Wildman–Crippen LogP) is 10.7. The molecule has 2 heteroatoms. The third-order valence-corrected chi connectivity index (χ3v) is 9.53. The molecule has 0 N–H and O–H groups in total. The molecule has 1 aliphatic rings. The van der Waals surface area contributed by atoms with Crippen molar-refractivity contribution in [2.24, 2.45) is 0 Å². The van der Waals surface area contributed by atoms with Crippen molar-refractivity contribution in [3.8, 4) is 33.6 Å². The van der Waals surface area contributed by atoms with Gasteiger partial charge < -0.3 is 0 Å². The summed E-state index contributed by atoms with van der Waals surface area (Å²) in [6.45, 7) is 4.67. The monoisotopic (exact) mass is 550 g/mol. The van der Waals surface area contributed by atoms with Crippen LogP contribution in [0.15, 0.2) is 146 Å². The summed E-state index contributed by atoms with van der Waals surface area (Å²) >= 11 is 0. The molecule has 6 aromatic carbocycles. The SMILES string of the molecule is CC1(C)c2ccccc2-c2cc(-c3ccc(-n4c5ccccc5c5c6ccccc6n(-c6ccccc6)c54)cc3)ccc21. The smallest absolute Gasteiger partial charge is 0.131 e. The fraction of sp³-hybridized carbons (Fsp3) is 0.0732. The van der Waals surface area contributed by atoms with Crippen molar-refractivity contribution in [3.63, 3.8) is 0 Å². The molecule has 0 amide bonds. The summed E-state index contributed by atoms with van der Waals surface area (Å²) in [5.74, 6) is 0. The lowest BCUT2D eigenvalue weighted by Crippen LogP contribution is -2.14. The molecular formula is C41H30N2. The van der Waals surface area contributed by atoms with Crippen LogP contribution < -0.4 is 0 Å². The topological polar surface area (TPSA) is 9.86 Å². The Morgan fingerprint density at radius 1 is 0.442 bits per heavy atom. The second kappa shape index (κ2) is 8.83. The third kappa shape index (κ3) is 3.35. The van der Waals surface area contributed by atoms with Crippen LogP contribution in [-0.4, -0.2) is 9.13 Å². The maximum Gasteiger partial charge on any atom is 0.131 e. The van der Waals surface area contributed by atoms with E-state index in [-0.39, 0.29) is 5.41 Å². The van der Waals surface area contributed by atoms with Gasteiger partial charge in [0.1, 0.15) is 5.65 Å². The van der Waals surface area contributed by atoms with Crippen LogP contribution >= 0.6 is 0 Å². The zero-order valence-electron chi connectivity index (χ0n) is 24.3. The first-order valence-corrected chi connectivity index (χ1v) is 15.0. The number of nitrogens with zero attached hydrogens (tertiary/aromatic N) is 2. The Balaban J connectivity index is 1.25. The van der Waals surface area contributed by atoms with Crippen molar-refractivity contribution in [2.45, 2.75) is 19.3 Å². The Hall–Kier alpha value is -5.34. The van der Waals surface area contributed by atoms with Crippen LogP contribution in [0.1, 0.15) is 25.0 Å². The van der Waals surface area contributed by atoms with Crippen molar-refractivity contribution in [2.75, 3.05) is 0 Å². The van der Waals surface area contributed by atoms with Gasteiger partial charge >= 0.3 is 0 Å². The second-order valence-corrected chi connectivity index (χ2v) is 12.2. The van der Waals surface area contributed by atoms with E-state index in [0.29, 0.717) is 0 Å². The van der Waals surface area contributed by atoms with Crippen LogP contribution in [0.5, 0.6) is 0 Å². The fourth-order valence-electron chi connectivity index (χ4n) is 7.50. The summed E-state index contributed by atoms with van der Waals surface area (Å²) in [7, 11) is 0. The van der Waals surface area contributed by atoms with Crippen LogP contribution in [0.25, 0.3) is 66.5 Å². The molecule has 0 fully saturated rings. The molecule has 1 aliphatic carbocycles. The van der Waals surface area contributed by atoms with E-state index in [2.05, 4.69) is 169 Å².